The summed E-state index contributed by atoms with van der Waals surface area (Å²) in [4.78, 5) is 25.2. The molecule has 19 heavy (non-hydrogen) atoms. The number of aromatic nitrogens is 3. The number of aromatic carboxylic acids is 1. The molecule has 10 heteroatoms. The number of anilines is 1. The standard InChI is InChI=1S/C9H5F3N4O3/c10-9(11,12)8(19)15-6-5-4(7(17)18)3-14-16(5)2-1-13-6/h1-3H,(H,17,18)(H,13,15,19). The van der Waals surface area contributed by atoms with Gasteiger partial charge < -0.3 is 10.4 Å². The molecule has 0 saturated heterocycles. The highest BCUT2D eigenvalue weighted by molar-refractivity contribution is 6.03. The minimum Gasteiger partial charge on any atom is -0.478 e. The summed E-state index contributed by atoms with van der Waals surface area (Å²) in [5, 5.41) is 14.0. The number of nitrogens with one attached hydrogen (secondary N) is 1. The van der Waals surface area contributed by atoms with Gasteiger partial charge in [0.1, 0.15) is 11.1 Å². The van der Waals surface area contributed by atoms with E-state index in [0.717, 1.165) is 16.9 Å². The molecule has 100 valence electrons. The van der Waals surface area contributed by atoms with E-state index in [1.165, 1.54) is 11.5 Å². The molecular weight excluding hydrogens is 269 g/mol. The normalized spacial score (nSPS) is 11.5. The van der Waals surface area contributed by atoms with E-state index >= 15 is 0 Å². The van der Waals surface area contributed by atoms with E-state index in [9.17, 15) is 22.8 Å². The van der Waals surface area contributed by atoms with Crippen LogP contribution in [0.15, 0.2) is 18.6 Å². The highest BCUT2D eigenvalue weighted by Crippen LogP contribution is 2.22. The molecule has 2 N–H and O–H groups in total. The maximum atomic E-state index is 12.1. The molecule has 0 atom stereocenters. The van der Waals surface area contributed by atoms with Gasteiger partial charge in [0, 0.05) is 12.4 Å². The van der Waals surface area contributed by atoms with Crippen LogP contribution in [0.4, 0.5) is 19.0 Å². The van der Waals surface area contributed by atoms with Gasteiger partial charge in [-0.1, -0.05) is 0 Å². The number of hydrogen-bond donors (Lipinski definition) is 2. The Morgan fingerprint density at radius 2 is 2.05 bits per heavy atom. The Balaban J connectivity index is 2.52. The summed E-state index contributed by atoms with van der Waals surface area (Å²) in [5.41, 5.74) is -0.599. The fourth-order valence-corrected chi connectivity index (χ4v) is 1.37. The molecule has 1 amide bonds. The molecule has 2 aromatic rings. The van der Waals surface area contributed by atoms with Crippen molar-refractivity contribution in [2.45, 2.75) is 6.18 Å². The van der Waals surface area contributed by atoms with Crippen molar-refractivity contribution < 1.29 is 27.9 Å². The van der Waals surface area contributed by atoms with Gasteiger partial charge in [0.05, 0.1) is 6.20 Å². The number of hydrogen-bond acceptors (Lipinski definition) is 4. The average Bonchev–Trinajstić information content (AvgIpc) is 2.72. The molecule has 0 fully saturated rings. The summed E-state index contributed by atoms with van der Waals surface area (Å²) in [5.74, 6) is -4.17. The van der Waals surface area contributed by atoms with Gasteiger partial charge >= 0.3 is 18.1 Å². The lowest BCUT2D eigenvalue weighted by Crippen LogP contribution is -2.30. The number of alkyl halides is 3. The van der Waals surface area contributed by atoms with E-state index in [1.54, 1.807) is 0 Å². The quantitative estimate of drug-likeness (QED) is 0.849. The van der Waals surface area contributed by atoms with Crippen LogP contribution in [0.1, 0.15) is 10.4 Å². The van der Waals surface area contributed by atoms with Crippen molar-refractivity contribution in [2.75, 3.05) is 5.32 Å². The molecule has 0 aliphatic heterocycles. The number of halogens is 3. The van der Waals surface area contributed by atoms with Gasteiger partial charge in [0.2, 0.25) is 0 Å². The van der Waals surface area contributed by atoms with Crippen molar-refractivity contribution in [1.82, 2.24) is 14.6 Å². The average molecular weight is 274 g/mol. The molecule has 0 aliphatic rings. The van der Waals surface area contributed by atoms with E-state index in [2.05, 4.69) is 10.1 Å². The van der Waals surface area contributed by atoms with Crippen LogP contribution in [-0.4, -0.2) is 37.8 Å². The van der Waals surface area contributed by atoms with E-state index < -0.39 is 23.9 Å². The molecule has 0 radical (unpaired) electrons. The van der Waals surface area contributed by atoms with Crippen molar-refractivity contribution >= 4 is 23.2 Å². The molecule has 0 spiro atoms. The lowest BCUT2D eigenvalue weighted by atomic mass is 10.3. The third kappa shape index (κ3) is 2.32. The first kappa shape index (κ1) is 12.8. The van der Waals surface area contributed by atoms with Crippen LogP contribution in [0.5, 0.6) is 0 Å². The number of rotatable bonds is 2. The predicted octanol–water partition coefficient (Wildman–Crippen LogP) is 0.928. The highest BCUT2D eigenvalue weighted by Gasteiger charge is 2.39. The first-order valence-electron chi connectivity index (χ1n) is 4.74. The van der Waals surface area contributed by atoms with Crippen molar-refractivity contribution in [3.05, 3.63) is 24.2 Å². The SMILES string of the molecule is O=C(O)c1cnn2ccnc(NC(=O)C(F)(F)F)c12. The number of carbonyl (C=O) groups excluding carboxylic acids is 1. The van der Waals surface area contributed by atoms with Crippen molar-refractivity contribution in [2.24, 2.45) is 0 Å². The molecule has 0 aromatic carbocycles. The van der Waals surface area contributed by atoms with Gasteiger partial charge in [0.15, 0.2) is 5.82 Å². The van der Waals surface area contributed by atoms with Gasteiger partial charge in [-0.05, 0) is 0 Å². The smallest absolute Gasteiger partial charge is 0.471 e. The second-order valence-electron chi connectivity index (χ2n) is 3.38. The first-order chi connectivity index (χ1) is 8.80. The molecule has 2 aromatic heterocycles. The lowest BCUT2D eigenvalue weighted by Gasteiger charge is -2.08. The largest absolute Gasteiger partial charge is 0.478 e. The molecule has 7 nitrogen and oxygen atoms in total. The molecular formula is C9H5F3N4O3. The van der Waals surface area contributed by atoms with E-state index in [-0.39, 0.29) is 11.1 Å². The molecule has 0 saturated carbocycles. The van der Waals surface area contributed by atoms with Crippen LogP contribution >= 0.6 is 0 Å². The van der Waals surface area contributed by atoms with Crippen LogP contribution in [-0.2, 0) is 4.79 Å². The minimum absolute atomic E-state index is 0.229. The zero-order valence-corrected chi connectivity index (χ0v) is 8.97. The Hall–Kier alpha value is -2.65. The van der Waals surface area contributed by atoms with E-state index in [0.29, 0.717) is 0 Å². The summed E-state index contributed by atoms with van der Waals surface area (Å²) < 4.78 is 37.4. The van der Waals surface area contributed by atoms with Gasteiger partial charge in [0.25, 0.3) is 0 Å². The van der Waals surface area contributed by atoms with E-state index in [1.807, 2.05) is 0 Å². The zero-order chi connectivity index (χ0) is 14.2. The zero-order valence-electron chi connectivity index (χ0n) is 8.97. The Kier molecular flexibility index (Phi) is 2.85. The van der Waals surface area contributed by atoms with Crippen LogP contribution < -0.4 is 5.32 Å². The van der Waals surface area contributed by atoms with Gasteiger partial charge in [-0.2, -0.15) is 18.3 Å². The number of fused-ring (bicyclic) bond motifs is 1. The van der Waals surface area contributed by atoms with Crippen LogP contribution in [0, 0.1) is 0 Å². The molecule has 2 heterocycles. The number of carbonyl (C=O) groups is 2. The summed E-state index contributed by atoms with van der Waals surface area (Å²) in [7, 11) is 0. The third-order valence-corrected chi connectivity index (χ3v) is 2.15. The van der Waals surface area contributed by atoms with Crippen molar-refractivity contribution in [1.29, 1.82) is 0 Å². The Morgan fingerprint density at radius 3 is 2.63 bits per heavy atom. The minimum atomic E-state index is -5.10. The van der Waals surface area contributed by atoms with Gasteiger partial charge in [-0.25, -0.2) is 14.3 Å². The lowest BCUT2D eigenvalue weighted by molar-refractivity contribution is -0.167. The first-order valence-corrected chi connectivity index (χ1v) is 4.74. The summed E-state index contributed by atoms with van der Waals surface area (Å²) in [6.07, 6.45) is -1.83. The predicted molar refractivity (Wildman–Crippen MR) is 54.6 cm³/mol. The number of carboxylic acid groups (broad SMARTS) is 1. The Labute approximate surface area is 102 Å². The second kappa shape index (κ2) is 4.23. The second-order valence-corrected chi connectivity index (χ2v) is 3.38. The Bertz CT molecular complexity index is 664. The molecule has 0 bridgehead atoms. The monoisotopic (exact) mass is 274 g/mol. The summed E-state index contributed by atoms with van der Waals surface area (Å²) in [6, 6.07) is 0. The maximum Gasteiger partial charge on any atom is 0.471 e. The fourth-order valence-electron chi connectivity index (χ4n) is 1.37. The highest BCUT2D eigenvalue weighted by atomic mass is 19.4. The number of carboxylic acids is 1. The molecule has 2 rings (SSSR count). The van der Waals surface area contributed by atoms with E-state index in [4.69, 9.17) is 5.11 Å². The maximum absolute atomic E-state index is 12.1. The van der Waals surface area contributed by atoms with Crippen molar-refractivity contribution in [3.8, 4) is 0 Å². The summed E-state index contributed by atoms with van der Waals surface area (Å²) >= 11 is 0. The van der Waals surface area contributed by atoms with Crippen LogP contribution in [0.2, 0.25) is 0 Å². The fraction of sp³-hybridized carbons (Fsp3) is 0.111. The number of amides is 1. The van der Waals surface area contributed by atoms with Crippen LogP contribution in [0.3, 0.4) is 0 Å². The van der Waals surface area contributed by atoms with Crippen LogP contribution in [0.25, 0.3) is 5.52 Å². The number of nitrogens with zero attached hydrogens (tertiary/aromatic N) is 3. The van der Waals surface area contributed by atoms with Gasteiger partial charge in [-0.15, -0.1) is 0 Å². The van der Waals surface area contributed by atoms with Gasteiger partial charge in [-0.3, -0.25) is 4.79 Å². The third-order valence-electron chi connectivity index (χ3n) is 2.15. The molecule has 0 aliphatic carbocycles. The Morgan fingerprint density at radius 1 is 1.37 bits per heavy atom. The summed E-state index contributed by atoms with van der Waals surface area (Å²) in [6.45, 7) is 0. The van der Waals surface area contributed by atoms with Crippen molar-refractivity contribution in [3.63, 3.8) is 0 Å². The topological polar surface area (TPSA) is 96.6 Å². The molecule has 0 unspecified atom stereocenters.